The predicted molar refractivity (Wildman–Crippen MR) is 124 cm³/mol. The van der Waals surface area contributed by atoms with Crippen molar-refractivity contribution >= 4 is 12.4 Å². The topological polar surface area (TPSA) is 43.7 Å². The molecule has 2 N–H and O–H groups in total. The van der Waals surface area contributed by atoms with Crippen molar-refractivity contribution < 1.29 is 10.2 Å². The Morgan fingerprint density at radius 2 is 0.778 bits per heavy atom. The number of unbranched alkanes of at least 4 members (excludes halogenated alkanes) is 15. The summed E-state index contributed by atoms with van der Waals surface area (Å²) in [6.07, 6.45) is 23.8. The normalized spacial score (nSPS) is 10.4. The molecule has 168 valence electrons. The molecular formula is C23H52ClNO2. The van der Waals surface area contributed by atoms with E-state index in [4.69, 9.17) is 10.2 Å². The molecule has 0 aliphatic heterocycles. The van der Waals surface area contributed by atoms with Crippen LogP contribution in [0.15, 0.2) is 0 Å². The minimum Gasteiger partial charge on any atom is -0.396 e. The van der Waals surface area contributed by atoms with Crippen molar-refractivity contribution in [2.24, 2.45) is 0 Å². The molecular weight excluding hydrogens is 358 g/mol. The van der Waals surface area contributed by atoms with Crippen LogP contribution < -0.4 is 0 Å². The maximum Gasteiger partial charge on any atom is 0.0452 e. The minimum atomic E-state index is 0. The van der Waals surface area contributed by atoms with Crippen LogP contribution >= 0.6 is 12.4 Å². The Bertz CT molecular complexity index is 226. The van der Waals surface area contributed by atoms with Gasteiger partial charge in [-0.15, -0.1) is 12.4 Å². The minimum absolute atomic E-state index is 0. The van der Waals surface area contributed by atoms with E-state index in [2.05, 4.69) is 25.9 Å². The lowest BCUT2D eigenvalue weighted by Gasteiger charge is -2.08. The van der Waals surface area contributed by atoms with Gasteiger partial charge in [0.05, 0.1) is 0 Å². The molecule has 0 rings (SSSR count). The quantitative estimate of drug-likeness (QED) is 0.236. The highest BCUT2D eigenvalue weighted by atomic mass is 35.5. The number of rotatable bonds is 19. The molecule has 27 heavy (non-hydrogen) atoms. The smallest absolute Gasteiger partial charge is 0.0452 e. The van der Waals surface area contributed by atoms with Gasteiger partial charge in [-0.05, 0) is 33.5 Å². The summed E-state index contributed by atoms with van der Waals surface area (Å²) in [6, 6.07) is 0. The number of aliphatic hydroxyl groups is 2. The van der Waals surface area contributed by atoms with Crippen LogP contribution in [0.3, 0.4) is 0 Å². The van der Waals surface area contributed by atoms with E-state index in [1.807, 2.05) is 0 Å². The van der Waals surface area contributed by atoms with Crippen LogP contribution in [0.5, 0.6) is 0 Å². The van der Waals surface area contributed by atoms with Crippen LogP contribution in [0.25, 0.3) is 0 Å². The molecule has 0 atom stereocenters. The molecule has 0 heterocycles. The molecule has 0 saturated heterocycles. The van der Waals surface area contributed by atoms with Crippen LogP contribution in [-0.4, -0.2) is 49.0 Å². The Kier molecular flexibility index (Phi) is 36.4. The van der Waals surface area contributed by atoms with Gasteiger partial charge in [0, 0.05) is 13.2 Å². The van der Waals surface area contributed by atoms with E-state index in [0.29, 0.717) is 6.42 Å². The summed E-state index contributed by atoms with van der Waals surface area (Å²) in [5.41, 5.74) is 0. The first-order valence-electron chi connectivity index (χ1n) is 11.6. The summed E-state index contributed by atoms with van der Waals surface area (Å²) in [5.74, 6) is 0. The van der Waals surface area contributed by atoms with Gasteiger partial charge in [0.15, 0.2) is 0 Å². The monoisotopic (exact) mass is 409 g/mol. The SMILES string of the molecule is CCCCCCCCCCCCCCCCCCN(C)C.Cl.OCCCO. The van der Waals surface area contributed by atoms with Gasteiger partial charge in [-0.3, -0.25) is 0 Å². The van der Waals surface area contributed by atoms with Crippen LogP contribution in [-0.2, 0) is 0 Å². The van der Waals surface area contributed by atoms with E-state index < -0.39 is 0 Å². The standard InChI is InChI=1S/C20H43N.C3H8O2.ClH/c1-4-5-6-7-8-9-10-11-12-13-14-15-16-17-18-19-20-21(2)3;4-2-1-3-5;/h4-20H2,1-3H3;4-5H,1-3H2;1H. The van der Waals surface area contributed by atoms with E-state index in [1.54, 1.807) is 0 Å². The maximum atomic E-state index is 7.91. The molecule has 0 aliphatic carbocycles. The molecule has 0 aromatic rings. The summed E-state index contributed by atoms with van der Waals surface area (Å²) < 4.78 is 0. The van der Waals surface area contributed by atoms with Gasteiger partial charge in [0.2, 0.25) is 0 Å². The van der Waals surface area contributed by atoms with Gasteiger partial charge in [-0.2, -0.15) is 0 Å². The molecule has 0 spiro atoms. The van der Waals surface area contributed by atoms with Gasteiger partial charge >= 0.3 is 0 Å². The van der Waals surface area contributed by atoms with Gasteiger partial charge in [0.1, 0.15) is 0 Å². The summed E-state index contributed by atoms with van der Waals surface area (Å²) in [7, 11) is 4.34. The van der Waals surface area contributed by atoms with Crippen molar-refractivity contribution in [3.63, 3.8) is 0 Å². The molecule has 0 aromatic heterocycles. The first kappa shape index (κ1) is 31.9. The lowest BCUT2D eigenvalue weighted by molar-refractivity contribution is 0.221. The van der Waals surface area contributed by atoms with Crippen molar-refractivity contribution in [3.8, 4) is 0 Å². The van der Waals surface area contributed by atoms with E-state index >= 15 is 0 Å². The van der Waals surface area contributed by atoms with Crippen molar-refractivity contribution in [1.29, 1.82) is 0 Å². The molecule has 0 saturated carbocycles. The zero-order valence-corrected chi connectivity index (χ0v) is 19.7. The highest BCUT2D eigenvalue weighted by Gasteiger charge is 1.95. The lowest BCUT2D eigenvalue weighted by atomic mass is 10.0. The Morgan fingerprint density at radius 3 is 1.00 bits per heavy atom. The van der Waals surface area contributed by atoms with Crippen LogP contribution in [0.1, 0.15) is 116 Å². The molecule has 4 heteroatoms. The van der Waals surface area contributed by atoms with Crippen molar-refractivity contribution in [2.45, 2.75) is 116 Å². The lowest BCUT2D eigenvalue weighted by Crippen LogP contribution is -2.12. The average Bonchev–Trinajstić information content (AvgIpc) is 2.62. The Balaban J connectivity index is -0.000000844. The number of halogens is 1. The Morgan fingerprint density at radius 1 is 0.481 bits per heavy atom. The molecule has 0 amide bonds. The second kappa shape index (κ2) is 30.9. The van der Waals surface area contributed by atoms with E-state index in [1.165, 1.54) is 109 Å². The number of hydrogen-bond acceptors (Lipinski definition) is 3. The summed E-state index contributed by atoms with van der Waals surface area (Å²) in [4.78, 5) is 2.30. The molecule has 0 aromatic carbocycles. The fourth-order valence-electron chi connectivity index (χ4n) is 3.05. The third-order valence-electron chi connectivity index (χ3n) is 4.78. The summed E-state index contributed by atoms with van der Waals surface area (Å²) in [6.45, 7) is 3.75. The maximum absolute atomic E-state index is 7.91. The molecule has 0 radical (unpaired) electrons. The average molecular weight is 410 g/mol. The van der Waals surface area contributed by atoms with Crippen LogP contribution in [0, 0.1) is 0 Å². The second-order valence-electron chi connectivity index (χ2n) is 7.91. The molecule has 0 unspecified atom stereocenters. The number of nitrogens with zero attached hydrogens (tertiary/aromatic N) is 1. The second-order valence-corrected chi connectivity index (χ2v) is 7.91. The van der Waals surface area contributed by atoms with Crippen molar-refractivity contribution in [3.05, 3.63) is 0 Å². The third kappa shape index (κ3) is 37.6. The van der Waals surface area contributed by atoms with Gasteiger partial charge in [-0.25, -0.2) is 0 Å². The molecule has 0 aliphatic rings. The fraction of sp³-hybridized carbons (Fsp3) is 1.00. The largest absolute Gasteiger partial charge is 0.396 e. The zero-order valence-electron chi connectivity index (χ0n) is 18.9. The fourth-order valence-corrected chi connectivity index (χ4v) is 3.05. The van der Waals surface area contributed by atoms with Gasteiger partial charge in [-0.1, -0.05) is 103 Å². The highest BCUT2D eigenvalue weighted by molar-refractivity contribution is 5.85. The third-order valence-corrected chi connectivity index (χ3v) is 4.78. The van der Waals surface area contributed by atoms with Crippen LogP contribution in [0.4, 0.5) is 0 Å². The first-order chi connectivity index (χ1) is 12.7. The van der Waals surface area contributed by atoms with Crippen molar-refractivity contribution in [1.82, 2.24) is 4.90 Å². The van der Waals surface area contributed by atoms with E-state index in [9.17, 15) is 0 Å². The summed E-state index contributed by atoms with van der Waals surface area (Å²) >= 11 is 0. The van der Waals surface area contributed by atoms with Crippen molar-refractivity contribution in [2.75, 3.05) is 33.9 Å². The van der Waals surface area contributed by atoms with E-state index in [0.717, 1.165) is 0 Å². The number of hydrogen-bond donors (Lipinski definition) is 2. The first-order valence-corrected chi connectivity index (χ1v) is 11.6. The Hall–Kier alpha value is 0.170. The number of aliphatic hydroxyl groups excluding tert-OH is 2. The van der Waals surface area contributed by atoms with Gasteiger partial charge < -0.3 is 15.1 Å². The molecule has 0 bridgehead atoms. The molecule has 0 fully saturated rings. The highest BCUT2D eigenvalue weighted by Crippen LogP contribution is 2.13. The van der Waals surface area contributed by atoms with Crippen LogP contribution in [0.2, 0.25) is 0 Å². The summed E-state index contributed by atoms with van der Waals surface area (Å²) in [5, 5.41) is 15.8. The molecule has 3 nitrogen and oxygen atoms in total. The predicted octanol–water partition coefficient (Wildman–Crippen LogP) is 6.59. The zero-order chi connectivity index (χ0) is 19.7. The van der Waals surface area contributed by atoms with Gasteiger partial charge in [0.25, 0.3) is 0 Å². The Labute approximate surface area is 177 Å². The van der Waals surface area contributed by atoms with E-state index in [-0.39, 0.29) is 25.6 Å².